The first-order valence-corrected chi connectivity index (χ1v) is 7.81. The van der Waals surface area contributed by atoms with Gasteiger partial charge >= 0.3 is 0 Å². The molecule has 0 aliphatic rings. The van der Waals surface area contributed by atoms with Crippen LogP contribution in [0, 0.1) is 13.8 Å². The van der Waals surface area contributed by atoms with E-state index in [1.54, 1.807) is 0 Å². The van der Waals surface area contributed by atoms with Crippen LogP contribution in [0.2, 0.25) is 0 Å². The Bertz CT molecular complexity index is 837. The zero-order chi connectivity index (χ0) is 15.7. The Morgan fingerprint density at radius 3 is 2.68 bits per heavy atom. The third-order valence-corrected chi connectivity index (χ3v) is 3.93. The van der Waals surface area contributed by atoms with Crippen LogP contribution in [0.5, 0.6) is 0 Å². The van der Waals surface area contributed by atoms with E-state index in [0.29, 0.717) is 12.1 Å². The summed E-state index contributed by atoms with van der Waals surface area (Å²) in [5, 5.41) is 2.90. The number of halogens is 1. The number of hydrogen-bond donors (Lipinski definition) is 1. The van der Waals surface area contributed by atoms with Crippen LogP contribution in [0.3, 0.4) is 0 Å². The van der Waals surface area contributed by atoms with E-state index in [1.165, 1.54) is 0 Å². The van der Waals surface area contributed by atoms with Crippen molar-refractivity contribution < 1.29 is 4.79 Å². The molecule has 2 aromatic heterocycles. The molecule has 0 fully saturated rings. The van der Waals surface area contributed by atoms with Crippen molar-refractivity contribution in [1.29, 1.82) is 0 Å². The van der Waals surface area contributed by atoms with E-state index in [2.05, 4.69) is 26.2 Å². The van der Waals surface area contributed by atoms with E-state index in [-0.39, 0.29) is 5.91 Å². The highest BCUT2D eigenvalue weighted by Gasteiger charge is 2.08. The average Bonchev–Trinajstić information content (AvgIpc) is 2.89. The number of benzene rings is 1. The van der Waals surface area contributed by atoms with Gasteiger partial charge in [0.2, 0.25) is 0 Å². The number of fused-ring (bicyclic) bond motifs is 1. The maximum Gasteiger partial charge on any atom is 0.251 e. The van der Waals surface area contributed by atoms with Gasteiger partial charge < -0.3 is 9.72 Å². The van der Waals surface area contributed by atoms with Gasteiger partial charge in [-0.15, -0.1) is 0 Å². The summed E-state index contributed by atoms with van der Waals surface area (Å²) in [6.07, 6.45) is 3.89. The fraction of sp³-hybridized carbons (Fsp3) is 0.176. The number of carbonyl (C=O) groups excluding carboxylic acids is 1. The molecule has 2 heterocycles. The van der Waals surface area contributed by atoms with Crippen LogP contribution in [0.15, 0.2) is 47.2 Å². The fourth-order valence-electron chi connectivity index (χ4n) is 2.34. The summed E-state index contributed by atoms with van der Waals surface area (Å²) in [4.78, 5) is 16.7. The number of carbonyl (C=O) groups is 1. The van der Waals surface area contributed by atoms with Gasteiger partial charge in [-0.3, -0.25) is 4.79 Å². The largest absolute Gasteiger partial charge is 0.346 e. The lowest BCUT2D eigenvalue weighted by atomic mass is 10.1. The second kappa shape index (κ2) is 5.93. The lowest BCUT2D eigenvalue weighted by Crippen LogP contribution is -2.22. The zero-order valence-corrected chi connectivity index (χ0v) is 14.0. The van der Waals surface area contributed by atoms with Gasteiger partial charge in [-0.05, 0) is 53.5 Å². The van der Waals surface area contributed by atoms with Crippen LogP contribution in [0.25, 0.3) is 5.65 Å². The summed E-state index contributed by atoms with van der Waals surface area (Å²) in [7, 11) is 0. The molecule has 112 valence electrons. The van der Waals surface area contributed by atoms with E-state index in [0.717, 1.165) is 26.9 Å². The Labute approximate surface area is 137 Å². The molecule has 0 atom stereocenters. The Balaban J connectivity index is 1.75. The van der Waals surface area contributed by atoms with Crippen LogP contribution in [0.1, 0.15) is 27.2 Å². The molecule has 0 spiro atoms. The number of aromatic nitrogens is 2. The Kier molecular flexibility index (Phi) is 3.98. The van der Waals surface area contributed by atoms with Crippen molar-refractivity contribution in [2.24, 2.45) is 0 Å². The SMILES string of the molecule is Cc1ccc(C(=O)NCc2cn3cc(Br)cc(C)c3n2)cc1. The first kappa shape index (κ1) is 14.8. The number of rotatable bonds is 3. The standard InChI is InChI=1S/C17H16BrN3O/c1-11-3-5-13(6-4-11)17(22)19-8-15-10-21-9-14(18)7-12(2)16(21)20-15/h3-7,9-10H,8H2,1-2H3,(H,19,22). The Morgan fingerprint density at radius 1 is 1.23 bits per heavy atom. The molecule has 4 nitrogen and oxygen atoms in total. The number of imidazole rings is 1. The smallest absolute Gasteiger partial charge is 0.251 e. The van der Waals surface area contributed by atoms with Crippen LogP contribution >= 0.6 is 15.9 Å². The van der Waals surface area contributed by atoms with Gasteiger partial charge in [-0.2, -0.15) is 0 Å². The molecule has 1 aromatic carbocycles. The minimum absolute atomic E-state index is 0.0880. The summed E-state index contributed by atoms with van der Waals surface area (Å²) in [6.45, 7) is 4.42. The fourth-order valence-corrected chi connectivity index (χ4v) is 2.90. The maximum atomic E-state index is 12.1. The minimum Gasteiger partial charge on any atom is -0.346 e. The van der Waals surface area contributed by atoms with Crippen molar-refractivity contribution >= 4 is 27.5 Å². The van der Waals surface area contributed by atoms with Gasteiger partial charge in [0.25, 0.3) is 5.91 Å². The van der Waals surface area contributed by atoms with Crippen LogP contribution in [-0.2, 0) is 6.54 Å². The van der Waals surface area contributed by atoms with Gasteiger partial charge in [0.1, 0.15) is 5.65 Å². The molecule has 22 heavy (non-hydrogen) atoms. The van der Waals surface area contributed by atoms with Gasteiger partial charge in [-0.25, -0.2) is 4.98 Å². The summed E-state index contributed by atoms with van der Waals surface area (Å²) in [5.41, 5.74) is 4.63. The minimum atomic E-state index is -0.0880. The number of aryl methyl sites for hydroxylation is 2. The number of pyridine rings is 1. The Hall–Kier alpha value is -2.14. The molecule has 0 aliphatic carbocycles. The highest BCUT2D eigenvalue weighted by molar-refractivity contribution is 9.10. The summed E-state index contributed by atoms with van der Waals surface area (Å²) < 4.78 is 2.97. The quantitative estimate of drug-likeness (QED) is 0.777. The first-order valence-electron chi connectivity index (χ1n) is 7.01. The molecule has 0 bridgehead atoms. The van der Waals surface area contributed by atoms with Gasteiger partial charge in [-0.1, -0.05) is 17.7 Å². The normalized spacial score (nSPS) is 10.9. The van der Waals surface area contributed by atoms with E-state index in [9.17, 15) is 4.79 Å². The number of nitrogens with one attached hydrogen (secondary N) is 1. The van der Waals surface area contributed by atoms with E-state index in [4.69, 9.17) is 0 Å². The zero-order valence-electron chi connectivity index (χ0n) is 12.4. The highest BCUT2D eigenvalue weighted by Crippen LogP contribution is 2.17. The van der Waals surface area contributed by atoms with Crippen molar-refractivity contribution in [3.63, 3.8) is 0 Å². The van der Waals surface area contributed by atoms with E-state index >= 15 is 0 Å². The molecule has 1 N–H and O–H groups in total. The summed E-state index contributed by atoms with van der Waals surface area (Å²) >= 11 is 3.47. The second-order valence-electron chi connectivity index (χ2n) is 5.35. The molecule has 0 saturated carbocycles. The van der Waals surface area contributed by atoms with Gasteiger partial charge in [0, 0.05) is 22.4 Å². The van der Waals surface area contributed by atoms with Crippen molar-refractivity contribution in [3.05, 3.63) is 69.6 Å². The summed E-state index contributed by atoms with van der Waals surface area (Å²) in [5.74, 6) is -0.0880. The molecule has 5 heteroatoms. The lowest BCUT2D eigenvalue weighted by molar-refractivity contribution is 0.0950. The molecule has 0 aliphatic heterocycles. The van der Waals surface area contributed by atoms with Crippen molar-refractivity contribution in [2.45, 2.75) is 20.4 Å². The first-order chi connectivity index (χ1) is 10.5. The third-order valence-electron chi connectivity index (χ3n) is 3.50. The number of hydrogen-bond acceptors (Lipinski definition) is 2. The average molecular weight is 358 g/mol. The molecule has 1 amide bonds. The topological polar surface area (TPSA) is 46.4 Å². The molecular formula is C17H16BrN3O. The van der Waals surface area contributed by atoms with E-state index < -0.39 is 0 Å². The predicted molar refractivity (Wildman–Crippen MR) is 90.0 cm³/mol. The molecule has 0 unspecified atom stereocenters. The van der Waals surface area contributed by atoms with Crippen LogP contribution in [-0.4, -0.2) is 15.3 Å². The number of amides is 1. The monoisotopic (exact) mass is 357 g/mol. The number of nitrogens with zero attached hydrogens (tertiary/aromatic N) is 2. The lowest BCUT2D eigenvalue weighted by Gasteiger charge is -2.03. The van der Waals surface area contributed by atoms with Crippen molar-refractivity contribution in [2.75, 3.05) is 0 Å². The summed E-state index contributed by atoms with van der Waals surface area (Å²) in [6, 6.07) is 9.55. The molecular weight excluding hydrogens is 342 g/mol. The van der Waals surface area contributed by atoms with Crippen molar-refractivity contribution in [3.8, 4) is 0 Å². The third kappa shape index (κ3) is 3.04. The van der Waals surface area contributed by atoms with Gasteiger partial charge in [0.15, 0.2) is 0 Å². The maximum absolute atomic E-state index is 12.1. The molecule has 0 radical (unpaired) electrons. The van der Waals surface area contributed by atoms with Crippen LogP contribution < -0.4 is 5.32 Å². The van der Waals surface area contributed by atoms with Gasteiger partial charge in [0.05, 0.1) is 12.2 Å². The second-order valence-corrected chi connectivity index (χ2v) is 6.27. The molecule has 3 aromatic rings. The highest BCUT2D eigenvalue weighted by atomic mass is 79.9. The molecule has 0 saturated heterocycles. The van der Waals surface area contributed by atoms with Crippen molar-refractivity contribution in [1.82, 2.24) is 14.7 Å². The molecule has 3 rings (SSSR count). The Morgan fingerprint density at radius 2 is 1.95 bits per heavy atom. The van der Waals surface area contributed by atoms with Crippen LogP contribution in [0.4, 0.5) is 0 Å². The van der Waals surface area contributed by atoms with E-state index in [1.807, 2.05) is 61.0 Å². The predicted octanol–water partition coefficient (Wildman–Crippen LogP) is 3.64.